The first-order chi connectivity index (χ1) is 23.3. The Bertz CT molecular complexity index is 1110. The summed E-state index contributed by atoms with van der Waals surface area (Å²) in [6, 6.07) is -2.57. The van der Waals surface area contributed by atoms with Crippen molar-refractivity contribution in [3.63, 3.8) is 0 Å². The molecule has 18 nitrogen and oxygen atoms in total. The summed E-state index contributed by atoms with van der Waals surface area (Å²) >= 11 is 0. The molecule has 5 amide bonds. The molecule has 0 aromatic rings. The highest BCUT2D eigenvalue weighted by Crippen LogP contribution is 2.28. The summed E-state index contributed by atoms with van der Waals surface area (Å²) in [5, 5.41) is 40.2. The molecule has 0 aromatic carbocycles. The van der Waals surface area contributed by atoms with Gasteiger partial charge < -0.3 is 51.4 Å². The smallest absolute Gasteiger partial charge is 0.326 e. The van der Waals surface area contributed by atoms with Crippen LogP contribution in [-0.2, 0) is 47.8 Å². The van der Waals surface area contributed by atoms with Crippen molar-refractivity contribution in [2.24, 2.45) is 11.8 Å². The molecule has 1 aliphatic carbocycles. The fraction of sp³-hybridized carbons (Fsp3) is 0.742. The highest BCUT2D eigenvalue weighted by atomic mass is 16.5. The van der Waals surface area contributed by atoms with Crippen LogP contribution >= 0.6 is 0 Å². The van der Waals surface area contributed by atoms with Crippen LogP contribution < -0.4 is 26.6 Å². The van der Waals surface area contributed by atoms with Gasteiger partial charge in [0.25, 0.3) is 0 Å². The van der Waals surface area contributed by atoms with E-state index in [1.54, 1.807) is 6.92 Å². The predicted octanol–water partition coefficient (Wildman–Crippen LogP) is -0.851. The number of carboxylic acid groups (broad SMARTS) is 3. The van der Waals surface area contributed by atoms with Crippen molar-refractivity contribution in [1.29, 1.82) is 0 Å². The molecule has 18 heteroatoms. The third-order valence-corrected chi connectivity index (χ3v) is 7.70. The SMILES string of the molecule is CCNC(=O)COCCOCCNC(=O)[C@H](CCC(=O)O)NC(=O)CC[C@H](NC(=O)C1CCC(CNC(=O)CCCC(=O)O)CC1)C(=O)O. The number of aliphatic carboxylic acids is 3. The predicted molar refractivity (Wildman–Crippen MR) is 171 cm³/mol. The van der Waals surface area contributed by atoms with Crippen molar-refractivity contribution in [1.82, 2.24) is 26.6 Å². The molecule has 1 fully saturated rings. The molecule has 1 rings (SSSR count). The fourth-order valence-electron chi connectivity index (χ4n) is 5.00. The highest BCUT2D eigenvalue weighted by molar-refractivity contribution is 5.89. The van der Waals surface area contributed by atoms with Gasteiger partial charge in [-0.3, -0.25) is 33.6 Å². The second-order valence-electron chi connectivity index (χ2n) is 11.7. The van der Waals surface area contributed by atoms with Gasteiger partial charge in [-0.1, -0.05) is 0 Å². The molecule has 1 aliphatic rings. The fourth-order valence-corrected chi connectivity index (χ4v) is 5.00. The van der Waals surface area contributed by atoms with Crippen LogP contribution in [0.4, 0.5) is 0 Å². The molecule has 0 spiro atoms. The van der Waals surface area contributed by atoms with Crippen LogP contribution in [-0.4, -0.2) is 121 Å². The van der Waals surface area contributed by atoms with Gasteiger partial charge in [-0.25, -0.2) is 4.79 Å². The van der Waals surface area contributed by atoms with E-state index in [1.807, 2.05) is 0 Å². The minimum absolute atomic E-state index is 0.0485. The maximum atomic E-state index is 12.8. The number of hydrogen-bond acceptors (Lipinski definition) is 10. The van der Waals surface area contributed by atoms with E-state index in [4.69, 9.17) is 19.7 Å². The highest BCUT2D eigenvalue weighted by Gasteiger charge is 2.30. The van der Waals surface area contributed by atoms with Gasteiger partial charge in [-0.15, -0.1) is 0 Å². The van der Waals surface area contributed by atoms with Crippen LogP contribution in [0, 0.1) is 11.8 Å². The molecule has 0 aromatic heterocycles. The van der Waals surface area contributed by atoms with Gasteiger partial charge in [-0.05, 0) is 57.8 Å². The van der Waals surface area contributed by atoms with Gasteiger partial charge in [0.05, 0.1) is 19.8 Å². The summed E-state index contributed by atoms with van der Waals surface area (Å²) in [5.41, 5.74) is 0. The molecule has 0 bridgehead atoms. The lowest BCUT2D eigenvalue weighted by molar-refractivity contribution is -0.143. The molecule has 0 radical (unpaired) electrons. The summed E-state index contributed by atoms with van der Waals surface area (Å²) in [4.78, 5) is 94.9. The largest absolute Gasteiger partial charge is 0.481 e. The van der Waals surface area contributed by atoms with E-state index in [0.29, 0.717) is 38.8 Å². The molecule has 278 valence electrons. The Morgan fingerprint density at radius 3 is 1.96 bits per heavy atom. The minimum atomic E-state index is -1.37. The normalized spacial score (nSPS) is 16.8. The average Bonchev–Trinajstić information content (AvgIpc) is 3.04. The Morgan fingerprint density at radius 1 is 0.673 bits per heavy atom. The lowest BCUT2D eigenvalue weighted by Gasteiger charge is -2.28. The number of carbonyl (C=O) groups is 8. The third-order valence-electron chi connectivity index (χ3n) is 7.70. The molecule has 0 aliphatic heterocycles. The molecule has 2 atom stereocenters. The topological polar surface area (TPSA) is 276 Å². The van der Waals surface area contributed by atoms with Crippen LogP contribution in [0.1, 0.15) is 77.6 Å². The van der Waals surface area contributed by atoms with Crippen LogP contribution in [0.5, 0.6) is 0 Å². The second kappa shape index (κ2) is 24.8. The van der Waals surface area contributed by atoms with E-state index < -0.39 is 60.1 Å². The van der Waals surface area contributed by atoms with E-state index >= 15 is 0 Å². The number of amides is 5. The summed E-state index contributed by atoms with van der Waals surface area (Å²) < 4.78 is 10.5. The first-order valence-electron chi connectivity index (χ1n) is 16.5. The summed E-state index contributed by atoms with van der Waals surface area (Å²) in [6.45, 7) is 3.02. The van der Waals surface area contributed by atoms with Gasteiger partial charge in [0.2, 0.25) is 29.5 Å². The molecular formula is C31H51N5O13. The van der Waals surface area contributed by atoms with Crippen molar-refractivity contribution in [2.45, 2.75) is 89.6 Å². The number of ether oxygens (including phenoxy) is 2. The lowest BCUT2D eigenvalue weighted by Crippen LogP contribution is -2.48. The summed E-state index contributed by atoms with van der Waals surface area (Å²) in [5.74, 6) is -6.08. The number of hydrogen-bond donors (Lipinski definition) is 8. The first kappa shape index (κ1) is 42.7. The molecule has 1 saturated carbocycles. The summed E-state index contributed by atoms with van der Waals surface area (Å²) in [6.07, 6.45) is 1.27. The number of carbonyl (C=O) groups excluding carboxylic acids is 5. The van der Waals surface area contributed by atoms with Crippen LogP contribution in [0.25, 0.3) is 0 Å². The molecule has 0 heterocycles. The maximum absolute atomic E-state index is 12.8. The maximum Gasteiger partial charge on any atom is 0.326 e. The van der Waals surface area contributed by atoms with E-state index in [9.17, 15) is 43.5 Å². The number of rotatable bonds is 26. The Hall–Kier alpha value is -4.32. The zero-order chi connectivity index (χ0) is 36.6. The Balaban J connectivity index is 2.46. The van der Waals surface area contributed by atoms with Crippen molar-refractivity contribution < 1.29 is 63.1 Å². The van der Waals surface area contributed by atoms with Crippen LogP contribution in [0.3, 0.4) is 0 Å². The van der Waals surface area contributed by atoms with Gasteiger partial charge in [-0.2, -0.15) is 0 Å². The van der Waals surface area contributed by atoms with Gasteiger partial charge in [0, 0.05) is 51.2 Å². The zero-order valence-corrected chi connectivity index (χ0v) is 28.0. The third kappa shape index (κ3) is 20.6. The number of carboxylic acids is 3. The molecule has 0 saturated heterocycles. The number of nitrogens with one attached hydrogen (secondary N) is 5. The van der Waals surface area contributed by atoms with Crippen molar-refractivity contribution in [3.05, 3.63) is 0 Å². The lowest BCUT2D eigenvalue weighted by atomic mass is 9.81. The standard InChI is InChI=1S/C31H51N5O13/c1-2-32-26(39)19-49-17-16-48-15-14-33-30(45)22(11-13-28(42)43)35-25(38)12-10-23(31(46)47)36-29(44)21-8-6-20(7-9-21)18-34-24(37)4-3-5-27(40)41/h20-23H,2-19H2,1H3,(H,32,39)(H,33,45)(H,34,37)(H,35,38)(H,36,44)(H,40,41)(H,42,43)(H,46,47)/t20?,21?,22-,23-/m0/s1. The summed E-state index contributed by atoms with van der Waals surface area (Å²) in [7, 11) is 0. The second-order valence-corrected chi connectivity index (χ2v) is 11.7. The quantitative estimate of drug-likeness (QED) is 0.0511. The minimum Gasteiger partial charge on any atom is -0.481 e. The van der Waals surface area contributed by atoms with E-state index in [0.717, 1.165) is 0 Å². The Morgan fingerprint density at radius 2 is 1.33 bits per heavy atom. The monoisotopic (exact) mass is 701 g/mol. The van der Waals surface area contributed by atoms with Crippen molar-refractivity contribution >= 4 is 47.4 Å². The van der Waals surface area contributed by atoms with Crippen molar-refractivity contribution in [2.75, 3.05) is 46.1 Å². The average molecular weight is 702 g/mol. The molecule has 8 N–H and O–H groups in total. The first-order valence-corrected chi connectivity index (χ1v) is 16.5. The molecule has 0 unspecified atom stereocenters. The van der Waals surface area contributed by atoms with E-state index in [2.05, 4.69) is 26.6 Å². The van der Waals surface area contributed by atoms with E-state index in [-0.39, 0.29) is 89.2 Å². The van der Waals surface area contributed by atoms with Crippen molar-refractivity contribution in [3.8, 4) is 0 Å². The van der Waals surface area contributed by atoms with E-state index in [1.165, 1.54) is 0 Å². The number of likely N-dealkylation sites (N-methyl/N-ethyl adjacent to an activating group) is 1. The van der Waals surface area contributed by atoms with Gasteiger partial charge in [0.1, 0.15) is 18.7 Å². The van der Waals surface area contributed by atoms with Gasteiger partial charge >= 0.3 is 17.9 Å². The molecule has 49 heavy (non-hydrogen) atoms. The van der Waals surface area contributed by atoms with Crippen LogP contribution in [0.15, 0.2) is 0 Å². The Kier molecular flexibility index (Phi) is 21.6. The van der Waals surface area contributed by atoms with Gasteiger partial charge in [0.15, 0.2) is 0 Å². The zero-order valence-electron chi connectivity index (χ0n) is 28.0. The molecular weight excluding hydrogens is 650 g/mol. The Labute approximate surface area is 284 Å². The van der Waals surface area contributed by atoms with Crippen LogP contribution in [0.2, 0.25) is 0 Å².